The summed E-state index contributed by atoms with van der Waals surface area (Å²) in [7, 11) is -3.01. The Bertz CT molecular complexity index is 203. The van der Waals surface area contributed by atoms with Gasteiger partial charge in [-0.15, -0.1) is 11.6 Å². The van der Waals surface area contributed by atoms with Crippen LogP contribution in [0.25, 0.3) is 0 Å². The molecule has 74 valence electrons. The first kappa shape index (κ1) is 12.2. The van der Waals surface area contributed by atoms with E-state index >= 15 is 0 Å². The minimum absolute atomic E-state index is 0.466. The molecule has 0 aromatic rings. The van der Waals surface area contributed by atoms with Crippen molar-refractivity contribution in [3.05, 3.63) is 0 Å². The molecule has 0 amide bonds. The predicted molar refractivity (Wildman–Crippen MR) is 52.0 cm³/mol. The lowest BCUT2D eigenvalue weighted by Crippen LogP contribution is -2.23. The summed E-state index contributed by atoms with van der Waals surface area (Å²) in [6, 6.07) is 0. The smallest absolute Gasteiger partial charge is 0.208 e. The number of hydrogen-bond donors (Lipinski definition) is 1. The highest BCUT2D eigenvalue weighted by Crippen LogP contribution is 2.05. The quantitative estimate of drug-likeness (QED) is 0.532. The summed E-state index contributed by atoms with van der Waals surface area (Å²) in [5.74, 6) is 1.10. The Kier molecular flexibility index (Phi) is 5.88. The molecule has 0 aromatic heterocycles. The van der Waals surface area contributed by atoms with Gasteiger partial charge in [-0.3, -0.25) is 0 Å². The number of rotatable bonds is 6. The summed E-state index contributed by atoms with van der Waals surface area (Å²) in [4.78, 5) is 0. The number of sulfonamides is 1. The Hall–Kier alpha value is 0.200. The first-order valence-corrected chi connectivity index (χ1v) is 6.39. The van der Waals surface area contributed by atoms with Crippen molar-refractivity contribution in [3.8, 4) is 0 Å². The van der Waals surface area contributed by atoms with Crippen LogP contribution in [0.5, 0.6) is 0 Å². The lowest BCUT2D eigenvalue weighted by Gasteiger charge is -2.06. The number of hydrogen-bond acceptors (Lipinski definition) is 2. The summed E-state index contributed by atoms with van der Waals surface area (Å²) in [6.07, 6.45) is 2.98. The van der Waals surface area contributed by atoms with Gasteiger partial charge in [0, 0.05) is 12.4 Å². The molecule has 0 rings (SSSR count). The molecule has 0 aliphatic heterocycles. The highest BCUT2D eigenvalue weighted by atomic mass is 35.5. The van der Waals surface area contributed by atoms with E-state index in [4.69, 9.17) is 11.6 Å². The van der Waals surface area contributed by atoms with E-state index in [0.717, 1.165) is 19.1 Å². The second-order valence-electron chi connectivity index (χ2n) is 3.07. The van der Waals surface area contributed by atoms with E-state index in [1.807, 2.05) is 6.92 Å². The van der Waals surface area contributed by atoms with Crippen LogP contribution in [0.4, 0.5) is 0 Å². The Labute approximate surface area is 79.5 Å². The normalized spacial score (nSPS) is 14.6. The molecule has 12 heavy (non-hydrogen) atoms. The monoisotopic (exact) mass is 213 g/mol. The van der Waals surface area contributed by atoms with Crippen molar-refractivity contribution in [2.24, 2.45) is 5.92 Å². The largest absolute Gasteiger partial charge is 0.215 e. The van der Waals surface area contributed by atoms with Gasteiger partial charge < -0.3 is 0 Å². The maximum atomic E-state index is 10.6. The number of alkyl halides is 1. The van der Waals surface area contributed by atoms with Crippen molar-refractivity contribution >= 4 is 21.6 Å². The number of nitrogens with one attached hydrogen (secondary N) is 1. The summed E-state index contributed by atoms with van der Waals surface area (Å²) in [5, 5.41) is 0. The standard InChI is InChI=1S/C7H16ClNO2S/c1-7(6-8)4-3-5-9-12(2,10)11/h7,9H,3-6H2,1-2H3. The van der Waals surface area contributed by atoms with Gasteiger partial charge >= 0.3 is 0 Å². The summed E-state index contributed by atoms with van der Waals surface area (Å²) in [6.45, 7) is 2.56. The highest BCUT2D eigenvalue weighted by molar-refractivity contribution is 7.88. The minimum Gasteiger partial charge on any atom is -0.215 e. The van der Waals surface area contributed by atoms with Crippen LogP contribution in [0.3, 0.4) is 0 Å². The van der Waals surface area contributed by atoms with Crippen molar-refractivity contribution in [3.63, 3.8) is 0 Å². The van der Waals surface area contributed by atoms with Crippen LogP contribution in [-0.2, 0) is 10.0 Å². The molecule has 0 saturated carbocycles. The van der Waals surface area contributed by atoms with Crippen LogP contribution in [0.1, 0.15) is 19.8 Å². The van der Waals surface area contributed by atoms with Gasteiger partial charge in [-0.25, -0.2) is 13.1 Å². The fourth-order valence-electron chi connectivity index (χ4n) is 0.785. The molecule has 0 saturated heterocycles. The average Bonchev–Trinajstić information content (AvgIpc) is 1.96. The summed E-state index contributed by atoms with van der Waals surface area (Å²) < 4.78 is 23.6. The molecule has 1 N–H and O–H groups in total. The minimum atomic E-state index is -3.01. The third kappa shape index (κ3) is 8.30. The van der Waals surface area contributed by atoms with Crippen molar-refractivity contribution < 1.29 is 8.42 Å². The fraction of sp³-hybridized carbons (Fsp3) is 1.00. The van der Waals surface area contributed by atoms with Gasteiger partial charge in [-0.1, -0.05) is 6.92 Å². The molecular formula is C7H16ClNO2S. The maximum absolute atomic E-state index is 10.6. The zero-order valence-electron chi connectivity index (χ0n) is 7.51. The zero-order chi connectivity index (χ0) is 9.61. The van der Waals surface area contributed by atoms with Crippen LogP contribution in [0.2, 0.25) is 0 Å². The van der Waals surface area contributed by atoms with Crippen LogP contribution in [0.15, 0.2) is 0 Å². The molecule has 0 heterocycles. The number of halogens is 1. The first-order chi connectivity index (χ1) is 5.45. The van der Waals surface area contributed by atoms with Gasteiger partial charge in [0.2, 0.25) is 10.0 Å². The lowest BCUT2D eigenvalue weighted by molar-refractivity contribution is 0.545. The van der Waals surface area contributed by atoms with Gasteiger partial charge in [0.05, 0.1) is 6.26 Å². The zero-order valence-corrected chi connectivity index (χ0v) is 9.08. The highest BCUT2D eigenvalue weighted by Gasteiger charge is 2.01. The maximum Gasteiger partial charge on any atom is 0.208 e. The molecular weight excluding hydrogens is 198 g/mol. The Morgan fingerprint density at radius 1 is 1.50 bits per heavy atom. The van der Waals surface area contributed by atoms with Gasteiger partial charge in [0.15, 0.2) is 0 Å². The molecule has 0 radical (unpaired) electrons. The molecule has 3 nitrogen and oxygen atoms in total. The summed E-state index contributed by atoms with van der Waals surface area (Å²) >= 11 is 5.58. The average molecular weight is 214 g/mol. The van der Waals surface area contributed by atoms with Crippen LogP contribution in [-0.4, -0.2) is 27.1 Å². The van der Waals surface area contributed by atoms with Gasteiger partial charge in [0.1, 0.15) is 0 Å². The van der Waals surface area contributed by atoms with Crippen LogP contribution >= 0.6 is 11.6 Å². The van der Waals surface area contributed by atoms with E-state index in [2.05, 4.69) is 4.72 Å². The molecule has 1 unspecified atom stereocenters. The van der Waals surface area contributed by atoms with Crippen LogP contribution in [0, 0.1) is 5.92 Å². The Balaban J connectivity index is 3.34. The van der Waals surface area contributed by atoms with E-state index in [0.29, 0.717) is 18.3 Å². The molecule has 0 fully saturated rings. The molecule has 0 aliphatic carbocycles. The van der Waals surface area contributed by atoms with Gasteiger partial charge in [-0.2, -0.15) is 0 Å². The van der Waals surface area contributed by atoms with Crippen molar-refractivity contribution in [2.45, 2.75) is 19.8 Å². The summed E-state index contributed by atoms with van der Waals surface area (Å²) in [5.41, 5.74) is 0. The SMILES string of the molecule is CC(CCl)CCCNS(C)(=O)=O. The van der Waals surface area contributed by atoms with Crippen molar-refractivity contribution in [1.82, 2.24) is 4.72 Å². The fourth-order valence-corrected chi connectivity index (χ4v) is 1.45. The van der Waals surface area contributed by atoms with Crippen molar-refractivity contribution in [1.29, 1.82) is 0 Å². The molecule has 0 aliphatic rings. The lowest BCUT2D eigenvalue weighted by atomic mass is 10.1. The molecule has 5 heteroatoms. The first-order valence-electron chi connectivity index (χ1n) is 3.96. The third-order valence-electron chi connectivity index (χ3n) is 1.50. The van der Waals surface area contributed by atoms with Gasteiger partial charge in [0.25, 0.3) is 0 Å². The third-order valence-corrected chi connectivity index (χ3v) is 2.76. The molecule has 0 aromatic carbocycles. The predicted octanol–water partition coefficient (Wildman–Crippen LogP) is 1.19. The van der Waals surface area contributed by atoms with Crippen LogP contribution < -0.4 is 4.72 Å². The van der Waals surface area contributed by atoms with E-state index in [-0.39, 0.29) is 0 Å². The van der Waals surface area contributed by atoms with E-state index in [1.54, 1.807) is 0 Å². The Morgan fingerprint density at radius 3 is 2.50 bits per heavy atom. The second-order valence-corrected chi connectivity index (χ2v) is 5.21. The van der Waals surface area contributed by atoms with E-state index < -0.39 is 10.0 Å². The topological polar surface area (TPSA) is 46.2 Å². The molecule has 0 spiro atoms. The Morgan fingerprint density at radius 2 is 2.08 bits per heavy atom. The second kappa shape index (κ2) is 5.78. The van der Waals surface area contributed by atoms with E-state index in [9.17, 15) is 8.42 Å². The van der Waals surface area contributed by atoms with Gasteiger partial charge in [-0.05, 0) is 18.8 Å². The molecule has 1 atom stereocenters. The van der Waals surface area contributed by atoms with Crippen molar-refractivity contribution in [2.75, 3.05) is 18.7 Å². The van der Waals surface area contributed by atoms with E-state index in [1.165, 1.54) is 0 Å². The molecule has 0 bridgehead atoms.